The van der Waals surface area contributed by atoms with Gasteiger partial charge in [0.05, 0.1) is 5.56 Å². The largest absolute Gasteiger partial charge is 0.356 e. The van der Waals surface area contributed by atoms with Crippen molar-refractivity contribution < 1.29 is 0 Å². The van der Waals surface area contributed by atoms with Gasteiger partial charge in [-0.15, -0.1) is 0 Å². The fraction of sp³-hybridized carbons (Fsp3) is 0.571. The third kappa shape index (κ3) is 2.26. The molecule has 1 aromatic heterocycles. The molecular formula is C14H19N3. The highest BCUT2D eigenvalue weighted by Gasteiger charge is 2.32. The first-order valence-electron chi connectivity index (χ1n) is 6.15. The smallest absolute Gasteiger partial charge is 0.147 e. The monoisotopic (exact) mass is 229 g/mol. The van der Waals surface area contributed by atoms with Crippen LogP contribution in [0.5, 0.6) is 0 Å². The van der Waals surface area contributed by atoms with Crippen molar-refractivity contribution in [2.75, 3.05) is 11.9 Å². The predicted molar refractivity (Wildman–Crippen MR) is 69.0 cm³/mol. The van der Waals surface area contributed by atoms with Gasteiger partial charge in [-0.2, -0.15) is 5.26 Å². The van der Waals surface area contributed by atoms with Crippen molar-refractivity contribution >= 4 is 5.82 Å². The quantitative estimate of drug-likeness (QED) is 0.800. The van der Waals surface area contributed by atoms with Crippen LogP contribution in [0.25, 0.3) is 0 Å². The average Bonchev–Trinajstić information content (AvgIpc) is 3.10. The van der Waals surface area contributed by atoms with Crippen LogP contribution < -0.4 is 4.90 Å². The number of aryl methyl sites for hydroxylation is 2. The van der Waals surface area contributed by atoms with Gasteiger partial charge in [-0.05, 0) is 51.2 Å². The zero-order valence-electron chi connectivity index (χ0n) is 11.0. The minimum absolute atomic E-state index is 0.468. The Kier molecular flexibility index (Phi) is 3.06. The summed E-state index contributed by atoms with van der Waals surface area (Å²) < 4.78 is 0. The van der Waals surface area contributed by atoms with Crippen LogP contribution in [0.2, 0.25) is 0 Å². The van der Waals surface area contributed by atoms with Gasteiger partial charge in [-0.1, -0.05) is 0 Å². The molecule has 1 heterocycles. The summed E-state index contributed by atoms with van der Waals surface area (Å²) in [6.45, 7) is 6.18. The van der Waals surface area contributed by atoms with Crippen LogP contribution in [0.15, 0.2) is 6.07 Å². The lowest BCUT2D eigenvalue weighted by molar-refractivity contribution is 0.603. The number of hydrogen-bond acceptors (Lipinski definition) is 3. The Morgan fingerprint density at radius 1 is 1.47 bits per heavy atom. The highest BCUT2D eigenvalue weighted by molar-refractivity contribution is 5.58. The molecule has 2 rings (SSSR count). The second kappa shape index (κ2) is 4.37. The van der Waals surface area contributed by atoms with E-state index in [1.807, 2.05) is 27.0 Å². The number of nitrogens with zero attached hydrogens (tertiary/aromatic N) is 3. The van der Waals surface area contributed by atoms with Crippen molar-refractivity contribution in [2.45, 2.75) is 39.7 Å². The minimum atomic E-state index is 0.468. The van der Waals surface area contributed by atoms with Gasteiger partial charge < -0.3 is 4.90 Å². The first-order valence-corrected chi connectivity index (χ1v) is 6.15. The van der Waals surface area contributed by atoms with E-state index in [2.05, 4.69) is 22.9 Å². The van der Waals surface area contributed by atoms with Crippen molar-refractivity contribution in [3.63, 3.8) is 0 Å². The minimum Gasteiger partial charge on any atom is -0.356 e. The summed E-state index contributed by atoms with van der Waals surface area (Å²) >= 11 is 0. The highest BCUT2D eigenvalue weighted by Crippen LogP contribution is 2.36. The molecule has 0 bridgehead atoms. The molecule has 3 heteroatoms. The van der Waals surface area contributed by atoms with Crippen LogP contribution in [-0.2, 0) is 0 Å². The van der Waals surface area contributed by atoms with E-state index in [-0.39, 0.29) is 0 Å². The molecule has 17 heavy (non-hydrogen) atoms. The Balaban J connectivity index is 2.39. The molecule has 0 amide bonds. The van der Waals surface area contributed by atoms with E-state index in [0.717, 1.165) is 23.0 Å². The van der Waals surface area contributed by atoms with E-state index in [1.54, 1.807) is 0 Å². The molecule has 1 aliphatic carbocycles. The maximum atomic E-state index is 9.26. The van der Waals surface area contributed by atoms with Crippen molar-refractivity contribution in [2.24, 2.45) is 5.92 Å². The van der Waals surface area contributed by atoms with Gasteiger partial charge in [0, 0.05) is 18.8 Å². The molecule has 1 fully saturated rings. The average molecular weight is 229 g/mol. The summed E-state index contributed by atoms with van der Waals surface area (Å²) in [4.78, 5) is 6.70. The lowest BCUT2D eigenvalue weighted by atomic mass is 10.1. The first kappa shape index (κ1) is 11.9. The van der Waals surface area contributed by atoms with Crippen LogP contribution >= 0.6 is 0 Å². The van der Waals surface area contributed by atoms with Gasteiger partial charge in [-0.25, -0.2) is 4.98 Å². The molecule has 0 spiro atoms. The molecule has 0 aromatic carbocycles. The van der Waals surface area contributed by atoms with E-state index in [4.69, 9.17) is 0 Å². The molecule has 90 valence electrons. The normalized spacial score (nSPS) is 16.4. The number of anilines is 1. The summed E-state index contributed by atoms with van der Waals surface area (Å²) in [5.74, 6) is 1.61. The lowest BCUT2D eigenvalue weighted by Crippen LogP contribution is -2.32. The summed E-state index contributed by atoms with van der Waals surface area (Å²) in [7, 11) is 2.05. The third-order valence-electron chi connectivity index (χ3n) is 3.69. The second-order valence-corrected chi connectivity index (χ2v) is 5.08. The standard InChI is InChI=1S/C14H19N3/c1-9-7-10(2)16-14(13(9)8-15)17(4)11(3)12-5-6-12/h7,11-12H,5-6H2,1-4H3. The summed E-state index contributed by atoms with van der Waals surface area (Å²) in [5, 5.41) is 9.26. The fourth-order valence-electron chi connectivity index (χ4n) is 2.30. The maximum absolute atomic E-state index is 9.26. The predicted octanol–water partition coefficient (Wildman–Crippen LogP) is 2.80. The zero-order valence-corrected chi connectivity index (χ0v) is 11.0. The summed E-state index contributed by atoms with van der Waals surface area (Å²) in [6, 6.07) is 4.72. The number of rotatable bonds is 3. The zero-order chi connectivity index (χ0) is 12.6. The van der Waals surface area contributed by atoms with Crippen molar-refractivity contribution in [3.05, 3.63) is 22.9 Å². The van der Waals surface area contributed by atoms with Gasteiger partial charge >= 0.3 is 0 Å². The number of nitriles is 1. The maximum Gasteiger partial charge on any atom is 0.147 e. The molecule has 1 aromatic rings. The topological polar surface area (TPSA) is 39.9 Å². The Morgan fingerprint density at radius 2 is 2.12 bits per heavy atom. The number of aromatic nitrogens is 1. The van der Waals surface area contributed by atoms with Crippen LogP contribution in [0.4, 0.5) is 5.82 Å². The Bertz CT molecular complexity index is 469. The SMILES string of the molecule is Cc1cc(C)c(C#N)c(N(C)C(C)C2CC2)n1. The summed E-state index contributed by atoms with van der Waals surface area (Å²) in [6.07, 6.45) is 2.61. The molecule has 1 unspecified atom stereocenters. The fourth-order valence-corrected chi connectivity index (χ4v) is 2.30. The molecule has 0 aliphatic heterocycles. The highest BCUT2D eigenvalue weighted by atomic mass is 15.2. The molecule has 3 nitrogen and oxygen atoms in total. The Labute approximate surface area is 103 Å². The first-order chi connectivity index (χ1) is 8.04. The molecule has 0 N–H and O–H groups in total. The molecular weight excluding hydrogens is 210 g/mol. The third-order valence-corrected chi connectivity index (χ3v) is 3.69. The molecule has 0 saturated heterocycles. The van der Waals surface area contributed by atoms with Crippen LogP contribution in [0.3, 0.4) is 0 Å². The molecule has 1 saturated carbocycles. The Morgan fingerprint density at radius 3 is 2.65 bits per heavy atom. The van der Waals surface area contributed by atoms with E-state index >= 15 is 0 Å². The summed E-state index contributed by atoms with van der Waals surface area (Å²) in [5.41, 5.74) is 2.71. The van der Waals surface area contributed by atoms with E-state index in [9.17, 15) is 5.26 Å². The van der Waals surface area contributed by atoms with E-state index in [0.29, 0.717) is 11.6 Å². The van der Waals surface area contributed by atoms with Crippen molar-refractivity contribution in [1.82, 2.24) is 4.98 Å². The van der Waals surface area contributed by atoms with E-state index < -0.39 is 0 Å². The van der Waals surface area contributed by atoms with Gasteiger partial charge in [-0.3, -0.25) is 0 Å². The van der Waals surface area contributed by atoms with Gasteiger partial charge in [0.15, 0.2) is 0 Å². The van der Waals surface area contributed by atoms with E-state index in [1.165, 1.54) is 12.8 Å². The lowest BCUT2D eigenvalue weighted by Gasteiger charge is -2.27. The molecule has 1 aliphatic rings. The number of hydrogen-bond donors (Lipinski definition) is 0. The van der Waals surface area contributed by atoms with Gasteiger partial charge in [0.2, 0.25) is 0 Å². The van der Waals surface area contributed by atoms with Crippen molar-refractivity contribution in [1.29, 1.82) is 5.26 Å². The second-order valence-electron chi connectivity index (χ2n) is 5.08. The molecule has 0 radical (unpaired) electrons. The van der Waals surface area contributed by atoms with Crippen LogP contribution in [0, 0.1) is 31.1 Å². The van der Waals surface area contributed by atoms with Gasteiger partial charge in [0.1, 0.15) is 11.9 Å². The van der Waals surface area contributed by atoms with Crippen LogP contribution in [0.1, 0.15) is 36.6 Å². The molecule has 1 atom stereocenters. The van der Waals surface area contributed by atoms with Crippen LogP contribution in [-0.4, -0.2) is 18.1 Å². The Hall–Kier alpha value is -1.56. The van der Waals surface area contributed by atoms with Gasteiger partial charge in [0.25, 0.3) is 0 Å². The number of pyridine rings is 1. The van der Waals surface area contributed by atoms with Crippen molar-refractivity contribution in [3.8, 4) is 6.07 Å².